The maximum Gasteiger partial charge on any atom is 0.264 e. The maximum atomic E-state index is 14.2. The molecule has 3 aromatic carbocycles. The van der Waals surface area contributed by atoms with Gasteiger partial charge in [0.25, 0.3) is 10.0 Å². The molecule has 42 heavy (non-hydrogen) atoms. The molecule has 226 valence electrons. The minimum atomic E-state index is -4.21. The summed E-state index contributed by atoms with van der Waals surface area (Å²) >= 11 is 12.9. The minimum Gasteiger partial charge on any atom is -0.494 e. The number of halogens is 2. The van der Waals surface area contributed by atoms with E-state index in [1.54, 1.807) is 67.6 Å². The number of nitrogens with one attached hydrogen (secondary N) is 1. The number of amides is 2. The molecule has 2 amide bonds. The lowest BCUT2D eigenvalue weighted by Gasteiger charge is -2.35. The van der Waals surface area contributed by atoms with Crippen LogP contribution in [-0.2, 0) is 26.2 Å². The first-order valence-electron chi connectivity index (χ1n) is 13.6. The van der Waals surface area contributed by atoms with E-state index in [4.69, 9.17) is 27.9 Å². The largest absolute Gasteiger partial charge is 0.494 e. The molecule has 0 fully saturated rings. The van der Waals surface area contributed by atoms with E-state index in [1.807, 2.05) is 27.7 Å². The number of rotatable bonds is 12. The van der Waals surface area contributed by atoms with E-state index >= 15 is 0 Å². The zero-order valence-electron chi connectivity index (χ0n) is 24.4. The zero-order chi connectivity index (χ0) is 31.1. The van der Waals surface area contributed by atoms with Gasteiger partial charge in [-0.05, 0) is 82.6 Å². The van der Waals surface area contributed by atoms with Gasteiger partial charge >= 0.3 is 0 Å². The van der Waals surface area contributed by atoms with Gasteiger partial charge in [0.05, 0.1) is 17.2 Å². The number of carbonyl (C=O) groups excluding carboxylic acids is 2. The fourth-order valence-corrected chi connectivity index (χ4v) is 6.28. The molecular formula is C31H37Cl2N3O5S. The molecule has 1 atom stereocenters. The van der Waals surface area contributed by atoms with Crippen LogP contribution < -0.4 is 14.4 Å². The second-order valence-corrected chi connectivity index (χ2v) is 13.3. The van der Waals surface area contributed by atoms with E-state index < -0.39 is 34.1 Å². The first kappa shape index (κ1) is 33.2. The van der Waals surface area contributed by atoms with Crippen LogP contribution in [0.2, 0.25) is 10.0 Å². The fourth-order valence-electron chi connectivity index (χ4n) is 4.35. The van der Waals surface area contributed by atoms with E-state index in [-0.39, 0.29) is 23.8 Å². The summed E-state index contributed by atoms with van der Waals surface area (Å²) in [6, 6.07) is 18.4. The summed E-state index contributed by atoms with van der Waals surface area (Å²) in [5.41, 5.74) is 0.188. The predicted molar refractivity (Wildman–Crippen MR) is 168 cm³/mol. The van der Waals surface area contributed by atoms with Gasteiger partial charge in [0.1, 0.15) is 18.3 Å². The molecule has 0 bridgehead atoms. The lowest BCUT2D eigenvalue weighted by Crippen LogP contribution is -2.55. The number of ether oxygens (including phenoxy) is 1. The van der Waals surface area contributed by atoms with Gasteiger partial charge in [-0.1, -0.05) is 54.4 Å². The Balaban J connectivity index is 2.08. The highest BCUT2D eigenvalue weighted by Crippen LogP contribution is 2.29. The van der Waals surface area contributed by atoms with Crippen molar-refractivity contribution < 1.29 is 22.7 Å². The number of nitrogens with zero attached hydrogens (tertiary/aromatic N) is 2. The van der Waals surface area contributed by atoms with Gasteiger partial charge in [-0.25, -0.2) is 8.42 Å². The third kappa shape index (κ3) is 8.40. The molecule has 0 aromatic heterocycles. The number of sulfonamides is 1. The molecular weight excluding hydrogens is 597 g/mol. The summed E-state index contributed by atoms with van der Waals surface area (Å²) in [4.78, 5) is 28.9. The van der Waals surface area contributed by atoms with Crippen LogP contribution in [0.1, 0.15) is 46.6 Å². The van der Waals surface area contributed by atoms with E-state index in [1.165, 1.54) is 17.0 Å². The van der Waals surface area contributed by atoms with Crippen molar-refractivity contribution in [2.45, 2.75) is 64.1 Å². The molecule has 1 N–H and O–H groups in total. The Morgan fingerprint density at radius 1 is 0.905 bits per heavy atom. The molecule has 8 nitrogen and oxygen atoms in total. The van der Waals surface area contributed by atoms with Crippen molar-refractivity contribution >= 4 is 50.7 Å². The fraction of sp³-hybridized carbons (Fsp3) is 0.355. The molecule has 0 aliphatic carbocycles. The average molecular weight is 635 g/mol. The molecule has 0 saturated heterocycles. The molecule has 0 heterocycles. The van der Waals surface area contributed by atoms with Crippen molar-refractivity contribution in [3.8, 4) is 5.75 Å². The van der Waals surface area contributed by atoms with Crippen LogP contribution in [0.15, 0.2) is 77.7 Å². The third-order valence-electron chi connectivity index (χ3n) is 6.32. The first-order chi connectivity index (χ1) is 19.8. The lowest BCUT2D eigenvalue weighted by molar-refractivity contribution is -0.141. The van der Waals surface area contributed by atoms with Gasteiger partial charge in [-0.2, -0.15) is 0 Å². The van der Waals surface area contributed by atoms with E-state index in [2.05, 4.69) is 5.32 Å². The Morgan fingerprint density at radius 3 is 2.02 bits per heavy atom. The normalized spacial score (nSPS) is 12.4. The van der Waals surface area contributed by atoms with Crippen molar-refractivity contribution in [2.75, 3.05) is 17.5 Å². The van der Waals surface area contributed by atoms with Crippen LogP contribution >= 0.6 is 23.2 Å². The first-order valence-corrected chi connectivity index (χ1v) is 15.8. The molecule has 0 unspecified atom stereocenters. The number of anilines is 1. The monoisotopic (exact) mass is 633 g/mol. The smallest absolute Gasteiger partial charge is 0.264 e. The van der Waals surface area contributed by atoms with Crippen LogP contribution in [0.4, 0.5) is 5.69 Å². The average Bonchev–Trinajstić information content (AvgIpc) is 2.93. The summed E-state index contributed by atoms with van der Waals surface area (Å²) in [5.74, 6) is -0.445. The van der Waals surface area contributed by atoms with Gasteiger partial charge < -0.3 is 15.0 Å². The highest BCUT2D eigenvalue weighted by atomic mass is 35.5. The van der Waals surface area contributed by atoms with E-state index in [0.29, 0.717) is 33.7 Å². The number of hydrogen-bond acceptors (Lipinski definition) is 5. The Bertz CT molecular complexity index is 1460. The number of benzene rings is 3. The topological polar surface area (TPSA) is 96.0 Å². The van der Waals surface area contributed by atoms with Gasteiger partial charge in [0.15, 0.2) is 0 Å². The van der Waals surface area contributed by atoms with Crippen LogP contribution in [0, 0.1) is 0 Å². The van der Waals surface area contributed by atoms with Crippen molar-refractivity contribution in [1.29, 1.82) is 0 Å². The second kappa shape index (κ2) is 14.3. The Labute approximate surface area is 258 Å². The Morgan fingerprint density at radius 2 is 1.50 bits per heavy atom. The van der Waals surface area contributed by atoms with Gasteiger partial charge in [-0.15, -0.1) is 0 Å². The second-order valence-electron chi connectivity index (χ2n) is 10.6. The lowest BCUT2D eigenvalue weighted by atomic mass is 10.1. The van der Waals surface area contributed by atoms with Gasteiger partial charge in [-0.3, -0.25) is 13.9 Å². The molecule has 0 radical (unpaired) electrons. The van der Waals surface area contributed by atoms with Gasteiger partial charge in [0.2, 0.25) is 11.8 Å². The predicted octanol–water partition coefficient (Wildman–Crippen LogP) is 6.31. The minimum absolute atomic E-state index is 0.0131. The quantitative estimate of drug-likeness (QED) is 0.252. The van der Waals surface area contributed by atoms with Crippen LogP contribution in [0.25, 0.3) is 0 Å². The summed E-state index contributed by atoms with van der Waals surface area (Å²) < 4.78 is 34.5. The molecule has 11 heteroatoms. The highest BCUT2D eigenvalue weighted by molar-refractivity contribution is 7.92. The Kier molecular flexibility index (Phi) is 11.3. The summed E-state index contributed by atoms with van der Waals surface area (Å²) in [5, 5.41) is 3.59. The molecule has 3 rings (SSSR count). The van der Waals surface area contributed by atoms with Crippen molar-refractivity contribution in [3.05, 3.63) is 88.4 Å². The number of carbonyl (C=O) groups is 2. The summed E-state index contributed by atoms with van der Waals surface area (Å²) in [7, 11) is -4.21. The summed E-state index contributed by atoms with van der Waals surface area (Å²) in [6.07, 6.45) is 0.271. The molecule has 0 saturated carbocycles. The zero-order valence-corrected chi connectivity index (χ0v) is 26.8. The molecule has 0 spiro atoms. The van der Waals surface area contributed by atoms with E-state index in [9.17, 15) is 18.0 Å². The standard InChI is InChI=1S/C31H37Cl2N3O5S/c1-6-28(30(38)34-31(3,4)5)35(20-25-26(32)14-11-15-27(25)33)29(37)21-36(22-12-9-8-10-13-22)42(39,40)24-18-16-23(17-19-24)41-7-2/h8-19,28H,6-7,20-21H2,1-5H3,(H,34,38)/t28-/m1/s1. The Hall–Kier alpha value is -3.27. The van der Waals surface area contributed by atoms with Crippen LogP contribution in [0.3, 0.4) is 0 Å². The van der Waals surface area contributed by atoms with Crippen molar-refractivity contribution in [3.63, 3.8) is 0 Å². The van der Waals surface area contributed by atoms with Crippen molar-refractivity contribution in [2.24, 2.45) is 0 Å². The van der Waals surface area contributed by atoms with Crippen molar-refractivity contribution in [1.82, 2.24) is 10.2 Å². The van der Waals surface area contributed by atoms with E-state index in [0.717, 1.165) is 4.31 Å². The SMILES string of the molecule is CCOc1ccc(S(=O)(=O)N(CC(=O)N(Cc2c(Cl)cccc2Cl)[C@H](CC)C(=O)NC(C)(C)C)c2ccccc2)cc1. The van der Waals surface area contributed by atoms with Gasteiger partial charge in [0, 0.05) is 27.7 Å². The third-order valence-corrected chi connectivity index (χ3v) is 8.82. The maximum absolute atomic E-state index is 14.2. The highest BCUT2D eigenvalue weighted by Gasteiger charge is 2.35. The number of hydrogen-bond donors (Lipinski definition) is 1. The molecule has 3 aromatic rings. The van der Waals surface area contributed by atoms with Crippen LogP contribution in [0.5, 0.6) is 5.75 Å². The van der Waals surface area contributed by atoms with Crippen LogP contribution in [-0.4, -0.2) is 49.9 Å². The molecule has 0 aliphatic heterocycles. The molecule has 0 aliphatic rings. The summed E-state index contributed by atoms with van der Waals surface area (Å²) in [6.45, 7) is 8.91. The number of para-hydroxylation sites is 1.